The molecule has 0 saturated heterocycles. The Morgan fingerprint density at radius 3 is 2.50 bits per heavy atom. The molecule has 1 aliphatic rings. The monoisotopic (exact) mass is 536 g/mol. The van der Waals surface area contributed by atoms with E-state index in [1.807, 2.05) is 0 Å². The molecular weight excluding hydrogens is 517 g/mol. The van der Waals surface area contributed by atoms with Crippen LogP contribution in [-0.4, -0.2) is 36.9 Å². The zero-order chi connectivity index (χ0) is 27.2. The van der Waals surface area contributed by atoms with E-state index in [1.165, 1.54) is 35.2 Å². The number of nitrogens with zero attached hydrogens (tertiary/aromatic N) is 4. The molecule has 0 aliphatic carbocycles. The molecule has 11 heteroatoms. The van der Waals surface area contributed by atoms with Crippen LogP contribution in [0.5, 0.6) is 0 Å². The first-order chi connectivity index (χ1) is 18.0. The summed E-state index contributed by atoms with van der Waals surface area (Å²) >= 11 is 0. The molecule has 38 heavy (non-hydrogen) atoms. The Labute approximate surface area is 216 Å². The maximum Gasteiger partial charge on any atom is 0.435 e. The summed E-state index contributed by atoms with van der Waals surface area (Å²) in [7, 11) is -3.49. The van der Waals surface area contributed by atoms with Crippen LogP contribution < -0.4 is 4.90 Å². The summed E-state index contributed by atoms with van der Waals surface area (Å²) in [5.41, 5.74) is 1.29. The van der Waals surface area contributed by atoms with Crippen LogP contribution in [0.25, 0.3) is 21.7 Å². The van der Waals surface area contributed by atoms with Gasteiger partial charge < -0.3 is 4.90 Å². The lowest BCUT2D eigenvalue weighted by molar-refractivity contribution is -0.141. The van der Waals surface area contributed by atoms with Gasteiger partial charge in [-0.15, -0.1) is 0 Å². The number of amides is 1. The smallest absolute Gasteiger partial charge is 0.306 e. The molecule has 0 fully saturated rings. The van der Waals surface area contributed by atoms with Gasteiger partial charge >= 0.3 is 6.18 Å². The van der Waals surface area contributed by atoms with Crippen molar-refractivity contribution in [2.24, 2.45) is 0 Å². The van der Waals surface area contributed by atoms with Gasteiger partial charge in [0.25, 0.3) is 5.91 Å². The van der Waals surface area contributed by atoms with Crippen molar-refractivity contribution >= 4 is 27.1 Å². The van der Waals surface area contributed by atoms with Crippen molar-refractivity contribution in [3.8, 4) is 16.8 Å². The van der Waals surface area contributed by atoms with Gasteiger partial charge in [-0.05, 0) is 47.9 Å². The molecule has 2 heterocycles. The lowest BCUT2D eigenvalue weighted by atomic mass is 10.0. The second-order valence-corrected chi connectivity index (χ2v) is 10.8. The molecule has 0 bridgehead atoms. The van der Waals surface area contributed by atoms with E-state index in [1.54, 1.807) is 36.4 Å². The predicted octanol–water partition coefficient (Wildman–Crippen LogP) is 5.72. The molecule has 7 nitrogen and oxygen atoms in total. The molecule has 0 radical (unpaired) electrons. The molecule has 0 spiro atoms. The maximum absolute atomic E-state index is 13.6. The van der Waals surface area contributed by atoms with Crippen LogP contribution in [0.1, 0.15) is 21.7 Å². The van der Waals surface area contributed by atoms with Crippen LogP contribution in [0, 0.1) is 6.57 Å². The number of sulfone groups is 1. The number of benzene rings is 3. The van der Waals surface area contributed by atoms with Gasteiger partial charge in [0.1, 0.15) is 5.69 Å². The van der Waals surface area contributed by atoms with Crippen LogP contribution in [0.4, 0.5) is 24.5 Å². The predicted molar refractivity (Wildman–Crippen MR) is 135 cm³/mol. The van der Waals surface area contributed by atoms with Crippen molar-refractivity contribution in [3.63, 3.8) is 0 Å². The summed E-state index contributed by atoms with van der Waals surface area (Å²) in [6.07, 6.45) is -3.21. The molecule has 1 aliphatic heterocycles. The van der Waals surface area contributed by atoms with Gasteiger partial charge in [0.15, 0.2) is 21.2 Å². The van der Waals surface area contributed by atoms with Crippen LogP contribution in [0.15, 0.2) is 77.7 Å². The van der Waals surface area contributed by atoms with Gasteiger partial charge in [0.05, 0.1) is 17.2 Å². The number of anilines is 1. The maximum atomic E-state index is 13.6. The molecule has 0 saturated carbocycles. The first kappa shape index (κ1) is 25.2. The third kappa shape index (κ3) is 4.54. The number of halogens is 3. The molecule has 1 aromatic heterocycles. The summed E-state index contributed by atoms with van der Waals surface area (Å²) in [6, 6.07) is 18.3. The largest absolute Gasteiger partial charge is 0.435 e. The van der Waals surface area contributed by atoms with E-state index in [-0.39, 0.29) is 28.5 Å². The van der Waals surface area contributed by atoms with Crippen molar-refractivity contribution in [2.75, 3.05) is 17.7 Å². The highest BCUT2D eigenvalue weighted by atomic mass is 32.2. The van der Waals surface area contributed by atoms with Crippen molar-refractivity contribution in [1.29, 1.82) is 0 Å². The van der Waals surface area contributed by atoms with Gasteiger partial charge in [-0.1, -0.05) is 36.4 Å². The molecule has 0 unspecified atom stereocenters. The average molecular weight is 537 g/mol. The first-order valence-electron chi connectivity index (χ1n) is 11.4. The Balaban J connectivity index is 1.56. The Morgan fingerprint density at radius 1 is 1.03 bits per heavy atom. The topological polar surface area (TPSA) is 76.6 Å². The van der Waals surface area contributed by atoms with Gasteiger partial charge in [0.2, 0.25) is 0 Å². The molecule has 3 aromatic carbocycles. The molecule has 0 N–H and O–H groups in total. The summed E-state index contributed by atoms with van der Waals surface area (Å²) < 4.78 is 66.1. The number of fused-ring (bicyclic) bond motifs is 1. The molecular formula is C27H19F3N4O3S. The highest BCUT2D eigenvalue weighted by Gasteiger charge is 2.38. The van der Waals surface area contributed by atoms with Crippen LogP contribution >= 0.6 is 0 Å². The SMILES string of the molecule is [C-]#[N+]c1cccc(-n2nc(C(F)(F)F)cc2C(=O)N2CCc3cc(-c4ccccc4S(C)(=O)=O)ccc32)c1. The summed E-state index contributed by atoms with van der Waals surface area (Å²) in [5.74, 6) is -0.677. The van der Waals surface area contributed by atoms with Crippen LogP contribution in [-0.2, 0) is 22.4 Å². The molecule has 0 atom stereocenters. The van der Waals surface area contributed by atoms with E-state index < -0.39 is 27.6 Å². The van der Waals surface area contributed by atoms with Gasteiger partial charge in [-0.2, -0.15) is 18.3 Å². The molecule has 192 valence electrons. The minimum Gasteiger partial charge on any atom is -0.306 e. The zero-order valence-corrected chi connectivity index (χ0v) is 20.7. The molecule has 5 rings (SSSR count). The number of hydrogen-bond acceptors (Lipinski definition) is 4. The minimum absolute atomic E-state index is 0.157. The number of rotatable bonds is 4. The van der Waals surface area contributed by atoms with E-state index in [9.17, 15) is 26.4 Å². The number of hydrogen-bond donors (Lipinski definition) is 0. The lowest BCUT2D eigenvalue weighted by Crippen LogP contribution is -2.30. The van der Waals surface area contributed by atoms with Gasteiger partial charge in [0, 0.05) is 30.1 Å². The van der Waals surface area contributed by atoms with Gasteiger partial charge in [-0.3, -0.25) is 4.79 Å². The number of alkyl halides is 3. The number of carbonyl (C=O) groups is 1. The summed E-state index contributed by atoms with van der Waals surface area (Å²) in [6.45, 7) is 7.42. The standard InChI is InChI=1S/C27H19F3N4O3S/c1-31-19-6-5-7-20(15-19)34-23(16-25(32-34)27(28,29)30)26(35)33-13-12-18-14-17(10-11-22(18)33)21-8-3-4-9-24(21)38(2,36)37/h3-11,14-16H,12-13H2,2H3. The third-order valence-electron chi connectivity index (χ3n) is 6.24. The molecule has 4 aromatic rings. The fraction of sp³-hybridized carbons (Fsp3) is 0.148. The number of aromatic nitrogens is 2. The van der Waals surface area contributed by atoms with E-state index in [0.717, 1.165) is 16.5 Å². The zero-order valence-electron chi connectivity index (χ0n) is 19.9. The van der Waals surface area contributed by atoms with Crippen molar-refractivity contribution < 1.29 is 26.4 Å². The number of carbonyl (C=O) groups excluding carboxylic acids is 1. The summed E-state index contributed by atoms with van der Waals surface area (Å²) in [5, 5.41) is 3.65. The van der Waals surface area contributed by atoms with Gasteiger partial charge in [-0.25, -0.2) is 17.9 Å². The Kier molecular flexibility index (Phi) is 6.07. The Bertz CT molecular complexity index is 1740. The molecule has 1 amide bonds. The second kappa shape index (κ2) is 9.15. The quantitative estimate of drug-likeness (QED) is 0.313. The fourth-order valence-corrected chi connectivity index (χ4v) is 5.42. The van der Waals surface area contributed by atoms with E-state index >= 15 is 0 Å². The van der Waals surface area contributed by atoms with E-state index in [2.05, 4.69) is 9.94 Å². The van der Waals surface area contributed by atoms with Crippen LogP contribution in [0.2, 0.25) is 0 Å². The van der Waals surface area contributed by atoms with Crippen molar-refractivity contribution in [2.45, 2.75) is 17.5 Å². The Morgan fingerprint density at radius 2 is 1.79 bits per heavy atom. The third-order valence-corrected chi connectivity index (χ3v) is 7.39. The average Bonchev–Trinajstić information content (AvgIpc) is 3.53. The lowest BCUT2D eigenvalue weighted by Gasteiger charge is -2.18. The van der Waals surface area contributed by atoms with Crippen LogP contribution in [0.3, 0.4) is 0 Å². The minimum atomic E-state index is -4.78. The Hall–Kier alpha value is -4.43. The van der Waals surface area contributed by atoms with Crippen molar-refractivity contribution in [3.05, 3.63) is 101 Å². The fourth-order valence-electron chi connectivity index (χ4n) is 4.51. The normalized spacial score (nSPS) is 13.3. The highest BCUT2D eigenvalue weighted by Crippen LogP contribution is 2.36. The van der Waals surface area contributed by atoms with E-state index in [4.69, 9.17) is 6.57 Å². The van der Waals surface area contributed by atoms with Crippen molar-refractivity contribution in [1.82, 2.24) is 9.78 Å². The van der Waals surface area contributed by atoms with E-state index in [0.29, 0.717) is 29.3 Å². The highest BCUT2D eigenvalue weighted by molar-refractivity contribution is 7.90. The second-order valence-electron chi connectivity index (χ2n) is 8.77. The first-order valence-corrected chi connectivity index (χ1v) is 13.3. The summed E-state index contributed by atoms with van der Waals surface area (Å²) in [4.78, 5) is 18.5.